The van der Waals surface area contributed by atoms with Gasteiger partial charge in [0.25, 0.3) is 11.8 Å². The number of para-hydroxylation sites is 2. The number of nitrogens with one attached hydrogen (secondary N) is 1. The van der Waals surface area contributed by atoms with Crippen molar-refractivity contribution in [3.63, 3.8) is 0 Å². The minimum absolute atomic E-state index is 0.00640. The fraction of sp³-hybridized carbons (Fsp3) is 0.443. The maximum atomic E-state index is 14.4. The molecule has 5 aromatic carbocycles. The second-order valence-corrected chi connectivity index (χ2v) is 20.1. The van der Waals surface area contributed by atoms with Gasteiger partial charge in [0.1, 0.15) is 19.0 Å². The number of likely N-dealkylation sites (N-methyl/N-ethyl adjacent to an activating group) is 1. The van der Waals surface area contributed by atoms with Crippen molar-refractivity contribution in [2.75, 3.05) is 119 Å². The van der Waals surface area contributed by atoms with Gasteiger partial charge in [-0.25, -0.2) is 0 Å². The van der Waals surface area contributed by atoms with E-state index in [1.165, 1.54) is 5.56 Å². The summed E-state index contributed by atoms with van der Waals surface area (Å²) in [6.45, 7) is 7.75. The summed E-state index contributed by atoms with van der Waals surface area (Å²) >= 11 is 0. The van der Waals surface area contributed by atoms with Gasteiger partial charge >= 0.3 is 0 Å². The van der Waals surface area contributed by atoms with Crippen LogP contribution in [-0.4, -0.2) is 130 Å². The molecule has 0 saturated carbocycles. The van der Waals surface area contributed by atoms with Crippen LogP contribution in [0.2, 0.25) is 0 Å². The first-order valence-electron chi connectivity index (χ1n) is 27.1. The number of ketones is 1. The number of rotatable bonds is 28. The molecule has 16 nitrogen and oxygen atoms in total. The van der Waals surface area contributed by atoms with Gasteiger partial charge in [-0.2, -0.15) is 0 Å². The molecule has 9 rings (SSSR count). The monoisotopic (exact) mass is 1050 g/mol. The number of unbranched alkanes of at least 4 members (excludes halogenated alkanes) is 2. The largest absolute Gasteiger partial charge is 0.493 e. The van der Waals surface area contributed by atoms with Gasteiger partial charge in [0.2, 0.25) is 0 Å². The van der Waals surface area contributed by atoms with Crippen molar-refractivity contribution in [1.82, 2.24) is 0 Å². The number of carbonyl (C=O) groups is 3. The molecule has 4 heterocycles. The van der Waals surface area contributed by atoms with Gasteiger partial charge < -0.3 is 58.1 Å². The third-order valence-electron chi connectivity index (χ3n) is 14.9. The Bertz CT molecular complexity index is 2890. The Balaban J connectivity index is 0.982. The van der Waals surface area contributed by atoms with Gasteiger partial charge in [0.05, 0.1) is 81.8 Å². The van der Waals surface area contributed by atoms with E-state index in [0.717, 1.165) is 78.1 Å². The summed E-state index contributed by atoms with van der Waals surface area (Å²) in [6.07, 6.45) is 7.88. The zero-order chi connectivity index (χ0) is 53.7. The molecule has 0 spiro atoms. The average molecular weight is 1050 g/mol. The Morgan fingerprint density at radius 2 is 1.27 bits per heavy atom. The first-order valence-corrected chi connectivity index (χ1v) is 27.1. The van der Waals surface area contributed by atoms with E-state index in [4.69, 9.17) is 33.2 Å². The van der Waals surface area contributed by atoms with Gasteiger partial charge in [-0.1, -0.05) is 42.8 Å². The minimum Gasteiger partial charge on any atom is -0.493 e. The highest BCUT2D eigenvalue weighted by Crippen LogP contribution is 2.44. The van der Waals surface area contributed by atoms with Crippen LogP contribution in [0.15, 0.2) is 96.0 Å². The predicted octanol–water partition coefficient (Wildman–Crippen LogP) is 9.37. The molecule has 0 fully saturated rings. The zero-order valence-corrected chi connectivity index (χ0v) is 45.4. The summed E-state index contributed by atoms with van der Waals surface area (Å²) in [5.41, 5.74) is 9.38. The number of benzene rings is 5. The van der Waals surface area contributed by atoms with Gasteiger partial charge in [-0.3, -0.25) is 19.4 Å². The molecule has 77 heavy (non-hydrogen) atoms. The van der Waals surface area contributed by atoms with E-state index in [1.54, 1.807) is 33.5 Å². The number of anilines is 5. The molecule has 4 aliphatic rings. The minimum atomic E-state index is -0.0837. The number of amides is 2. The van der Waals surface area contributed by atoms with Crippen LogP contribution in [0.1, 0.15) is 88.4 Å². The molecule has 1 N–H and O–H groups in total. The standard InChI is InChI=1S/C61H74N6O10/c1-6-62-21-13-7-8-17-49(68)18-14-22-65(23-24-74-27-28-75-26-25-71-3)46-30-42(40-76-58-36-52-50(34-56(58)72-4)60(69)66-47(38-63-52)32-44-15-9-11-19-53(44)66)29-43(31-46)41-77-59-37-55-51(35-57(59)73-5)61(70)67-48(39-64(55)2)33-45-16-10-12-20-54(45)67/h6,9-12,15-16,19-20,29-31,34-37,47-48,63H,7-8,13-14,17-18,21-28,32-33,38-41H2,1-5H3/t47-,48-/m0/s1. The zero-order valence-electron chi connectivity index (χ0n) is 45.4. The van der Waals surface area contributed by atoms with Crippen LogP contribution in [0.4, 0.5) is 28.4 Å². The Kier molecular flexibility index (Phi) is 18.6. The Morgan fingerprint density at radius 1 is 0.662 bits per heavy atom. The summed E-state index contributed by atoms with van der Waals surface area (Å²) in [4.78, 5) is 54.4. The van der Waals surface area contributed by atoms with Crippen molar-refractivity contribution in [3.8, 4) is 23.0 Å². The summed E-state index contributed by atoms with van der Waals surface area (Å²) < 4.78 is 42.1. The van der Waals surface area contributed by atoms with E-state index in [0.29, 0.717) is 118 Å². The summed E-state index contributed by atoms with van der Waals surface area (Å²) in [5.74, 6) is 2.00. The van der Waals surface area contributed by atoms with Crippen LogP contribution in [0.5, 0.6) is 23.0 Å². The van der Waals surface area contributed by atoms with Crippen molar-refractivity contribution < 1.29 is 47.5 Å². The maximum absolute atomic E-state index is 14.4. The number of carbonyl (C=O) groups excluding carboxylic acids is 3. The van der Waals surface area contributed by atoms with Crippen molar-refractivity contribution in [3.05, 3.63) is 124 Å². The Labute approximate surface area is 453 Å². The molecule has 0 aliphatic carbocycles. The normalized spacial score (nSPS) is 16.2. The lowest BCUT2D eigenvalue weighted by Gasteiger charge is -2.26. The van der Waals surface area contributed by atoms with Crippen LogP contribution in [-0.2, 0) is 45.1 Å². The van der Waals surface area contributed by atoms with E-state index in [2.05, 4.69) is 50.4 Å². The molecule has 4 aliphatic heterocycles. The SMILES string of the molecule is CC=NCCCCCC(=O)CCCN(CCOCCOCCOC)c1cc(COc2cc3c(cc2OC)C(=O)N2c4ccccc4C[C@H]2CN3)cc(COc2cc3c(cc2OC)C(=O)N2c4ccccc4C[C@H]2CN3C)c1. The number of methoxy groups -OCH3 is 3. The van der Waals surface area contributed by atoms with Gasteiger partial charge in [-0.05, 0) is 110 Å². The second kappa shape index (κ2) is 26.3. The number of hydrogen-bond acceptors (Lipinski definition) is 14. The summed E-state index contributed by atoms with van der Waals surface area (Å²) in [5, 5.41) is 3.55. The Morgan fingerprint density at radius 3 is 1.96 bits per heavy atom. The fourth-order valence-electron chi connectivity index (χ4n) is 11.0. The van der Waals surface area contributed by atoms with E-state index >= 15 is 0 Å². The lowest BCUT2D eigenvalue weighted by atomic mass is 10.1. The molecule has 2 amide bonds. The van der Waals surface area contributed by atoms with E-state index < -0.39 is 0 Å². The molecule has 0 radical (unpaired) electrons. The summed E-state index contributed by atoms with van der Waals surface area (Å²) in [7, 11) is 6.84. The number of hydrogen-bond donors (Lipinski definition) is 1. The van der Waals surface area contributed by atoms with Crippen LogP contribution >= 0.6 is 0 Å². The van der Waals surface area contributed by atoms with Crippen LogP contribution in [0.25, 0.3) is 0 Å². The topological polar surface area (TPSA) is 153 Å². The molecule has 0 saturated heterocycles. The molecule has 0 aromatic heterocycles. The maximum Gasteiger partial charge on any atom is 0.260 e. The molecule has 0 unspecified atom stereocenters. The lowest BCUT2D eigenvalue weighted by Crippen LogP contribution is -2.41. The van der Waals surface area contributed by atoms with Gasteiger partial charge in [0.15, 0.2) is 23.0 Å². The van der Waals surface area contributed by atoms with E-state index in [9.17, 15) is 14.4 Å². The van der Waals surface area contributed by atoms with Crippen LogP contribution in [0.3, 0.4) is 0 Å². The quantitative estimate of drug-likeness (QED) is 0.0374. The highest BCUT2D eigenvalue weighted by Gasteiger charge is 2.40. The van der Waals surface area contributed by atoms with Crippen molar-refractivity contribution >= 4 is 52.2 Å². The third-order valence-corrected chi connectivity index (χ3v) is 14.9. The lowest BCUT2D eigenvalue weighted by molar-refractivity contribution is -0.119. The molecular formula is C61H74N6O10. The number of fused-ring (bicyclic) bond motifs is 8. The smallest absolute Gasteiger partial charge is 0.260 e. The predicted molar refractivity (Wildman–Crippen MR) is 302 cm³/mol. The molecular weight excluding hydrogens is 977 g/mol. The van der Waals surface area contributed by atoms with Crippen molar-refractivity contribution in [1.29, 1.82) is 0 Å². The van der Waals surface area contributed by atoms with Crippen molar-refractivity contribution in [2.45, 2.75) is 83.6 Å². The molecule has 408 valence electrons. The first-order chi connectivity index (χ1) is 37.7. The molecule has 16 heteroatoms. The molecule has 2 atom stereocenters. The van der Waals surface area contributed by atoms with E-state index in [-0.39, 0.29) is 42.9 Å². The van der Waals surface area contributed by atoms with Crippen LogP contribution in [0, 0.1) is 0 Å². The number of ether oxygens (including phenoxy) is 7. The van der Waals surface area contributed by atoms with Crippen molar-refractivity contribution in [2.24, 2.45) is 4.99 Å². The highest BCUT2D eigenvalue weighted by molar-refractivity contribution is 6.13. The summed E-state index contributed by atoms with van der Waals surface area (Å²) in [6, 6.07) is 29.8. The highest BCUT2D eigenvalue weighted by atomic mass is 16.5. The fourth-order valence-corrected chi connectivity index (χ4v) is 11.0. The number of nitrogens with zero attached hydrogens (tertiary/aromatic N) is 5. The first kappa shape index (κ1) is 54.6. The Hall–Kier alpha value is -7.14. The number of aliphatic imine (C=N–C) groups is 1. The van der Waals surface area contributed by atoms with Gasteiger partial charge in [0, 0.05) is 88.9 Å². The molecule has 5 aromatic rings. The third kappa shape index (κ3) is 13.0. The van der Waals surface area contributed by atoms with Gasteiger partial charge in [-0.15, -0.1) is 0 Å². The van der Waals surface area contributed by atoms with Crippen LogP contribution < -0.4 is 43.9 Å². The number of Topliss-reactive ketones (excluding diaryl/α,β-unsaturated/α-hetero) is 1. The van der Waals surface area contributed by atoms with E-state index in [1.807, 2.05) is 78.5 Å². The second-order valence-electron chi connectivity index (χ2n) is 20.1. The molecule has 0 bridgehead atoms. The average Bonchev–Trinajstić information content (AvgIpc) is 3.96.